The first-order valence-corrected chi connectivity index (χ1v) is 10.5. The summed E-state index contributed by atoms with van der Waals surface area (Å²) in [5.74, 6) is 1.53. The van der Waals surface area contributed by atoms with Crippen molar-refractivity contribution in [1.82, 2.24) is 0 Å². The first-order chi connectivity index (χ1) is 14.7. The maximum Gasteiger partial charge on any atom is 0.196 e. The fourth-order valence-electron chi connectivity index (χ4n) is 3.50. The van der Waals surface area contributed by atoms with Crippen molar-refractivity contribution in [1.29, 1.82) is 0 Å². The number of methoxy groups -OCH3 is 2. The van der Waals surface area contributed by atoms with E-state index in [1.807, 2.05) is 78.9 Å². The first kappa shape index (κ1) is 20.0. The summed E-state index contributed by atoms with van der Waals surface area (Å²) in [7, 11) is 3.28. The van der Waals surface area contributed by atoms with Gasteiger partial charge in [0.05, 0.1) is 24.4 Å². The van der Waals surface area contributed by atoms with Crippen molar-refractivity contribution in [3.8, 4) is 11.5 Å². The predicted molar refractivity (Wildman–Crippen MR) is 124 cm³/mol. The molecule has 0 N–H and O–H groups in total. The monoisotopic (exact) mass is 414 g/mol. The summed E-state index contributed by atoms with van der Waals surface area (Å²) in [5.41, 5.74) is 3.63. The number of hydrogen-bond acceptors (Lipinski definition) is 4. The van der Waals surface area contributed by atoms with Gasteiger partial charge >= 0.3 is 0 Å². The lowest BCUT2D eigenvalue weighted by molar-refractivity contribution is -0.111. The van der Waals surface area contributed by atoms with Crippen LogP contribution in [-0.2, 0) is 4.79 Å². The number of benzene rings is 3. The molecular weight excluding hydrogens is 392 g/mol. The number of thioether (sulfide) groups is 1. The van der Waals surface area contributed by atoms with E-state index in [1.54, 1.807) is 26.0 Å². The van der Waals surface area contributed by atoms with Crippen molar-refractivity contribution in [2.45, 2.75) is 5.25 Å². The summed E-state index contributed by atoms with van der Waals surface area (Å²) in [6, 6.07) is 25.6. The van der Waals surface area contributed by atoms with Crippen molar-refractivity contribution in [2.75, 3.05) is 14.2 Å². The highest BCUT2D eigenvalue weighted by molar-refractivity contribution is 8.05. The van der Waals surface area contributed by atoms with Crippen LogP contribution in [0.2, 0.25) is 0 Å². The average Bonchev–Trinajstić information content (AvgIpc) is 3.10. The number of ketones is 1. The third-order valence-electron chi connectivity index (χ3n) is 4.99. The van der Waals surface area contributed by atoms with Gasteiger partial charge in [0, 0.05) is 16.7 Å². The zero-order valence-corrected chi connectivity index (χ0v) is 17.7. The normalized spacial score (nSPS) is 18.7. The highest BCUT2D eigenvalue weighted by atomic mass is 32.2. The standard InChI is InChI=1S/C26H22O3S/c1-28-22-14-8-6-12-19(22)16-21-25(27)24(17-20-13-7-9-15-23(20)29-2)30-26(21)18-10-4-3-5-11-18/h3-17,26H,1-2H3/b21-16+,24-17-. The second-order valence-corrected chi connectivity index (χ2v) is 7.98. The Hall–Kier alpha value is -3.24. The molecule has 1 heterocycles. The molecule has 0 amide bonds. The van der Waals surface area contributed by atoms with Gasteiger partial charge in [-0.05, 0) is 29.8 Å². The van der Waals surface area contributed by atoms with Crippen LogP contribution in [0.4, 0.5) is 0 Å². The van der Waals surface area contributed by atoms with Gasteiger partial charge in [0.25, 0.3) is 0 Å². The third-order valence-corrected chi connectivity index (χ3v) is 6.31. The number of para-hydroxylation sites is 2. The fourth-order valence-corrected chi connectivity index (χ4v) is 4.77. The van der Waals surface area contributed by atoms with E-state index in [9.17, 15) is 4.79 Å². The molecule has 4 heteroatoms. The summed E-state index contributed by atoms with van der Waals surface area (Å²) in [4.78, 5) is 14.2. The molecule has 1 aliphatic rings. The number of allylic oxidation sites excluding steroid dienone is 1. The molecule has 1 atom stereocenters. The van der Waals surface area contributed by atoms with E-state index in [0.717, 1.165) is 33.8 Å². The van der Waals surface area contributed by atoms with Crippen LogP contribution in [-0.4, -0.2) is 20.0 Å². The summed E-state index contributed by atoms with van der Waals surface area (Å²) < 4.78 is 10.9. The minimum Gasteiger partial charge on any atom is -0.496 e. The first-order valence-electron chi connectivity index (χ1n) is 9.67. The Labute approximate surface area is 181 Å². The molecule has 3 nitrogen and oxygen atoms in total. The molecule has 3 aromatic rings. The summed E-state index contributed by atoms with van der Waals surface area (Å²) in [6.45, 7) is 0. The Morgan fingerprint density at radius 1 is 0.733 bits per heavy atom. The van der Waals surface area contributed by atoms with Crippen LogP contribution < -0.4 is 9.47 Å². The molecule has 30 heavy (non-hydrogen) atoms. The van der Waals surface area contributed by atoms with Crippen molar-refractivity contribution in [3.63, 3.8) is 0 Å². The van der Waals surface area contributed by atoms with Gasteiger partial charge in [-0.15, -0.1) is 11.8 Å². The number of hydrogen-bond donors (Lipinski definition) is 0. The van der Waals surface area contributed by atoms with Crippen LogP contribution in [0.25, 0.3) is 12.2 Å². The molecule has 0 aromatic heterocycles. The lowest BCUT2D eigenvalue weighted by Gasteiger charge is -2.11. The van der Waals surface area contributed by atoms with Crippen LogP contribution in [0.15, 0.2) is 89.3 Å². The van der Waals surface area contributed by atoms with Gasteiger partial charge in [0.2, 0.25) is 0 Å². The Morgan fingerprint density at radius 3 is 1.87 bits per heavy atom. The van der Waals surface area contributed by atoms with Gasteiger partial charge in [-0.25, -0.2) is 0 Å². The van der Waals surface area contributed by atoms with E-state index in [1.165, 1.54) is 0 Å². The van der Waals surface area contributed by atoms with Gasteiger partial charge in [-0.1, -0.05) is 66.7 Å². The summed E-state index contributed by atoms with van der Waals surface area (Å²) >= 11 is 1.57. The van der Waals surface area contributed by atoms with Crippen LogP contribution >= 0.6 is 11.8 Å². The molecule has 150 valence electrons. The molecule has 0 aliphatic carbocycles. The zero-order chi connectivity index (χ0) is 20.9. The molecule has 4 rings (SSSR count). The van der Waals surface area contributed by atoms with Gasteiger partial charge in [-0.2, -0.15) is 0 Å². The highest BCUT2D eigenvalue weighted by Gasteiger charge is 2.35. The molecular formula is C26H22O3S. The van der Waals surface area contributed by atoms with Gasteiger partial charge in [-0.3, -0.25) is 4.79 Å². The second-order valence-electron chi connectivity index (χ2n) is 6.83. The number of carbonyl (C=O) groups is 1. The molecule has 1 aliphatic heterocycles. The number of Topliss-reactive ketones (excluding diaryl/α,β-unsaturated/α-hetero) is 1. The summed E-state index contributed by atoms with van der Waals surface area (Å²) in [5, 5.41) is -0.0791. The van der Waals surface area contributed by atoms with Crippen LogP contribution in [0, 0.1) is 0 Å². The van der Waals surface area contributed by atoms with Crippen LogP contribution in [0.1, 0.15) is 21.9 Å². The quantitative estimate of drug-likeness (QED) is 0.467. The molecule has 1 fully saturated rings. The maximum atomic E-state index is 13.5. The Morgan fingerprint density at radius 2 is 1.27 bits per heavy atom. The zero-order valence-electron chi connectivity index (χ0n) is 16.9. The molecule has 0 saturated carbocycles. The number of rotatable bonds is 5. The molecule has 3 aromatic carbocycles. The lowest BCUT2D eigenvalue weighted by atomic mass is 9.98. The SMILES string of the molecule is COc1ccccc1/C=C1\SC(c2ccccc2)/C(=C/c2ccccc2OC)C1=O. The smallest absolute Gasteiger partial charge is 0.196 e. The Bertz CT molecular complexity index is 1120. The molecule has 0 radical (unpaired) electrons. The summed E-state index contributed by atoms with van der Waals surface area (Å²) in [6.07, 6.45) is 3.87. The van der Waals surface area contributed by atoms with E-state index < -0.39 is 0 Å². The minimum atomic E-state index is -0.0791. The van der Waals surface area contributed by atoms with Crippen molar-refractivity contribution < 1.29 is 14.3 Å². The van der Waals surface area contributed by atoms with Crippen molar-refractivity contribution in [3.05, 3.63) is 106 Å². The highest BCUT2D eigenvalue weighted by Crippen LogP contribution is 2.50. The van der Waals surface area contributed by atoms with E-state index >= 15 is 0 Å². The van der Waals surface area contributed by atoms with Crippen molar-refractivity contribution >= 4 is 29.7 Å². The average molecular weight is 415 g/mol. The predicted octanol–water partition coefficient (Wildman–Crippen LogP) is 6.19. The van der Waals surface area contributed by atoms with Crippen LogP contribution in [0.5, 0.6) is 11.5 Å². The topological polar surface area (TPSA) is 35.5 Å². The van der Waals surface area contributed by atoms with Gasteiger partial charge in [0.1, 0.15) is 11.5 Å². The van der Waals surface area contributed by atoms with E-state index in [-0.39, 0.29) is 11.0 Å². The molecule has 1 unspecified atom stereocenters. The number of ether oxygens (including phenoxy) is 2. The van der Waals surface area contributed by atoms with Crippen LogP contribution in [0.3, 0.4) is 0 Å². The Balaban J connectivity index is 1.81. The maximum absolute atomic E-state index is 13.5. The minimum absolute atomic E-state index is 0.0330. The van der Waals surface area contributed by atoms with Crippen molar-refractivity contribution in [2.24, 2.45) is 0 Å². The molecule has 0 spiro atoms. The second kappa shape index (κ2) is 9.06. The number of carbonyl (C=O) groups excluding carboxylic acids is 1. The van der Waals surface area contributed by atoms with E-state index in [0.29, 0.717) is 4.91 Å². The lowest BCUT2D eigenvalue weighted by Crippen LogP contribution is -2.01. The van der Waals surface area contributed by atoms with Gasteiger partial charge < -0.3 is 9.47 Å². The van der Waals surface area contributed by atoms with Gasteiger partial charge in [0.15, 0.2) is 5.78 Å². The molecule has 1 saturated heterocycles. The van der Waals surface area contributed by atoms with E-state index in [4.69, 9.17) is 9.47 Å². The third kappa shape index (κ3) is 4.05. The fraction of sp³-hybridized carbons (Fsp3) is 0.115. The largest absolute Gasteiger partial charge is 0.496 e. The Kier molecular flexibility index (Phi) is 6.05. The molecule has 0 bridgehead atoms. The van der Waals surface area contributed by atoms with E-state index in [2.05, 4.69) is 12.1 Å².